The summed E-state index contributed by atoms with van der Waals surface area (Å²) >= 11 is 0. The van der Waals surface area contributed by atoms with Crippen LogP contribution in [0, 0.1) is 11.8 Å². The molecule has 0 aliphatic carbocycles. The Morgan fingerprint density at radius 2 is 1.40 bits per heavy atom. The first-order valence-corrected chi connectivity index (χ1v) is 12.3. The van der Waals surface area contributed by atoms with Gasteiger partial charge in [-0.2, -0.15) is 0 Å². The number of ether oxygens (including phenoxy) is 2. The van der Waals surface area contributed by atoms with Crippen molar-refractivity contribution in [2.75, 3.05) is 19.7 Å². The first kappa shape index (κ1) is 26.1. The molecule has 0 bridgehead atoms. The lowest BCUT2D eigenvalue weighted by molar-refractivity contribution is -0.186. The lowest BCUT2D eigenvalue weighted by atomic mass is 9.76. The van der Waals surface area contributed by atoms with E-state index in [1.54, 1.807) is 0 Å². The second kappa shape index (κ2) is 9.37. The molecule has 0 aromatic carbocycles. The van der Waals surface area contributed by atoms with Crippen molar-refractivity contribution in [2.24, 2.45) is 11.8 Å². The zero-order chi connectivity index (χ0) is 22.8. The zero-order valence-corrected chi connectivity index (χ0v) is 21.8. The van der Waals surface area contributed by atoms with Gasteiger partial charge in [-0.15, -0.1) is 0 Å². The first-order chi connectivity index (χ1) is 13.5. The van der Waals surface area contributed by atoms with Crippen LogP contribution in [-0.2, 0) is 9.47 Å². The average Bonchev–Trinajstić information content (AvgIpc) is 2.54. The molecular weight excluding hydrogens is 372 g/mol. The van der Waals surface area contributed by atoms with E-state index in [9.17, 15) is 0 Å². The third-order valence-electron chi connectivity index (χ3n) is 6.89. The summed E-state index contributed by atoms with van der Waals surface area (Å²) in [6.07, 6.45) is 6.82. The van der Waals surface area contributed by atoms with Crippen molar-refractivity contribution >= 4 is 0 Å². The van der Waals surface area contributed by atoms with Gasteiger partial charge in [0.25, 0.3) is 0 Å². The molecule has 2 aliphatic rings. The molecule has 4 heteroatoms. The Hall–Kier alpha value is -0.160. The smallest absolute Gasteiger partial charge is 0.0665 e. The molecule has 2 fully saturated rings. The van der Waals surface area contributed by atoms with Crippen LogP contribution in [0.5, 0.6) is 0 Å². The highest BCUT2D eigenvalue weighted by molar-refractivity contribution is 4.94. The molecule has 0 aromatic rings. The van der Waals surface area contributed by atoms with Crippen LogP contribution >= 0.6 is 0 Å². The molecule has 0 amide bonds. The number of hydrogen-bond acceptors (Lipinski definition) is 4. The predicted octanol–water partition coefficient (Wildman–Crippen LogP) is 5.69. The van der Waals surface area contributed by atoms with Gasteiger partial charge in [-0.25, -0.2) is 0 Å². The van der Waals surface area contributed by atoms with Crippen molar-refractivity contribution < 1.29 is 9.47 Å². The van der Waals surface area contributed by atoms with Gasteiger partial charge in [-0.3, -0.25) is 0 Å². The van der Waals surface area contributed by atoms with Crippen LogP contribution in [0.2, 0.25) is 0 Å². The van der Waals surface area contributed by atoms with Crippen molar-refractivity contribution in [1.29, 1.82) is 0 Å². The molecule has 4 nitrogen and oxygen atoms in total. The van der Waals surface area contributed by atoms with E-state index >= 15 is 0 Å². The van der Waals surface area contributed by atoms with Crippen molar-refractivity contribution in [3.8, 4) is 0 Å². The lowest BCUT2D eigenvalue weighted by Gasteiger charge is -2.48. The summed E-state index contributed by atoms with van der Waals surface area (Å²) in [5, 5.41) is 7.60. The summed E-state index contributed by atoms with van der Waals surface area (Å²) < 4.78 is 12.6. The minimum atomic E-state index is -0.0531. The Labute approximate surface area is 187 Å². The maximum atomic E-state index is 6.67. The van der Waals surface area contributed by atoms with E-state index < -0.39 is 0 Å². The van der Waals surface area contributed by atoms with Crippen molar-refractivity contribution in [1.82, 2.24) is 10.6 Å². The molecule has 0 aromatic heterocycles. The Balaban J connectivity index is 1.88. The fourth-order valence-corrected chi connectivity index (χ4v) is 5.49. The van der Waals surface area contributed by atoms with Crippen LogP contribution in [0.1, 0.15) is 108 Å². The van der Waals surface area contributed by atoms with Gasteiger partial charge >= 0.3 is 0 Å². The lowest BCUT2D eigenvalue weighted by Crippen LogP contribution is -2.52. The Morgan fingerprint density at radius 3 is 2.00 bits per heavy atom. The molecule has 3 unspecified atom stereocenters. The molecular formula is C26H52N2O2. The van der Waals surface area contributed by atoms with Gasteiger partial charge in [0.1, 0.15) is 0 Å². The van der Waals surface area contributed by atoms with Crippen LogP contribution < -0.4 is 10.6 Å². The molecule has 178 valence electrons. The third kappa shape index (κ3) is 9.14. The van der Waals surface area contributed by atoms with E-state index in [0.717, 1.165) is 51.8 Å². The predicted molar refractivity (Wildman–Crippen MR) is 128 cm³/mol. The molecule has 0 saturated carbocycles. The summed E-state index contributed by atoms with van der Waals surface area (Å²) in [6.45, 7) is 25.8. The molecule has 2 rings (SSSR count). The van der Waals surface area contributed by atoms with Gasteiger partial charge < -0.3 is 20.1 Å². The molecule has 0 spiro atoms. The van der Waals surface area contributed by atoms with Gasteiger partial charge in [0, 0.05) is 17.7 Å². The fraction of sp³-hybridized carbons (Fsp3) is 1.00. The molecule has 3 atom stereocenters. The first-order valence-electron chi connectivity index (χ1n) is 12.3. The van der Waals surface area contributed by atoms with E-state index in [1.165, 1.54) is 6.42 Å². The highest BCUT2D eigenvalue weighted by atomic mass is 16.5. The van der Waals surface area contributed by atoms with Gasteiger partial charge in [-0.05, 0) is 133 Å². The minimum Gasteiger partial charge on any atom is -0.376 e. The number of rotatable bonds is 8. The van der Waals surface area contributed by atoms with E-state index in [1.807, 2.05) is 0 Å². The fourth-order valence-electron chi connectivity index (χ4n) is 5.49. The summed E-state index contributed by atoms with van der Waals surface area (Å²) in [5.74, 6) is 1.37. The SMILES string of the molecule is CC(C)(C)NCC1CC(C)(C)OC(C)(CCC(C)(C)NCC2CCOC(C)(C)C2)C1. The highest BCUT2D eigenvalue weighted by Crippen LogP contribution is 2.42. The van der Waals surface area contributed by atoms with Gasteiger partial charge in [-0.1, -0.05) is 0 Å². The maximum Gasteiger partial charge on any atom is 0.0665 e. The second-order valence-electron chi connectivity index (χ2n) is 13.4. The van der Waals surface area contributed by atoms with E-state index in [2.05, 4.69) is 79.9 Å². The molecule has 2 N–H and O–H groups in total. The zero-order valence-electron chi connectivity index (χ0n) is 21.8. The summed E-state index contributed by atoms with van der Waals surface area (Å²) in [6, 6.07) is 0. The summed E-state index contributed by atoms with van der Waals surface area (Å²) in [4.78, 5) is 0. The monoisotopic (exact) mass is 424 g/mol. The number of hydrogen-bond donors (Lipinski definition) is 2. The van der Waals surface area contributed by atoms with Crippen molar-refractivity contribution in [3.05, 3.63) is 0 Å². The van der Waals surface area contributed by atoms with Crippen LogP contribution in [0.25, 0.3) is 0 Å². The topological polar surface area (TPSA) is 42.5 Å². The Morgan fingerprint density at radius 1 is 0.800 bits per heavy atom. The van der Waals surface area contributed by atoms with Crippen LogP contribution in [-0.4, -0.2) is 47.6 Å². The van der Waals surface area contributed by atoms with Gasteiger partial charge in [0.05, 0.1) is 16.8 Å². The number of nitrogens with one attached hydrogen (secondary N) is 2. The second-order valence-corrected chi connectivity index (χ2v) is 13.4. The minimum absolute atomic E-state index is 0.0276. The average molecular weight is 425 g/mol. The molecule has 2 aliphatic heterocycles. The van der Waals surface area contributed by atoms with E-state index in [-0.39, 0.29) is 27.9 Å². The third-order valence-corrected chi connectivity index (χ3v) is 6.89. The standard InChI is InChI=1S/C26H52N2O2/c1-22(2,3)27-19-21-16-25(8,9)30-26(10,17-21)13-12-23(4,5)28-18-20-11-14-29-24(6,7)15-20/h20-21,27-28H,11-19H2,1-10H3. The quantitative estimate of drug-likeness (QED) is 0.525. The molecule has 2 heterocycles. The summed E-state index contributed by atoms with van der Waals surface area (Å²) in [5.41, 5.74) is 0.215. The van der Waals surface area contributed by atoms with Crippen molar-refractivity contribution in [3.63, 3.8) is 0 Å². The molecule has 2 saturated heterocycles. The molecule has 0 radical (unpaired) electrons. The normalized spacial score (nSPS) is 32.2. The Bertz CT molecular complexity index is 550. The largest absolute Gasteiger partial charge is 0.376 e. The summed E-state index contributed by atoms with van der Waals surface area (Å²) in [7, 11) is 0. The van der Waals surface area contributed by atoms with Crippen LogP contribution in [0.4, 0.5) is 0 Å². The van der Waals surface area contributed by atoms with E-state index in [0.29, 0.717) is 11.8 Å². The van der Waals surface area contributed by atoms with Gasteiger partial charge in [0.15, 0.2) is 0 Å². The van der Waals surface area contributed by atoms with E-state index in [4.69, 9.17) is 9.47 Å². The van der Waals surface area contributed by atoms with Crippen LogP contribution in [0.15, 0.2) is 0 Å². The van der Waals surface area contributed by atoms with Crippen LogP contribution in [0.3, 0.4) is 0 Å². The van der Waals surface area contributed by atoms with Crippen molar-refractivity contribution in [2.45, 2.75) is 136 Å². The van der Waals surface area contributed by atoms with Gasteiger partial charge in [0.2, 0.25) is 0 Å². The molecule has 30 heavy (non-hydrogen) atoms. The maximum absolute atomic E-state index is 6.67. The Kier molecular flexibility index (Phi) is 8.15. The highest BCUT2D eigenvalue weighted by Gasteiger charge is 2.42.